The number of hydrogen-bond donors (Lipinski definition) is 1. The third-order valence-electron chi connectivity index (χ3n) is 7.13. The standard InChI is InChI=1S/C27H25BrClN3O5/c1-3-36-23-13-17(12-20(28)24(23)37-15-16-8-4-6-10-21(16)29)18-14-31(2)27(25(18)32(34)35)19-9-5-7-11-22(19)30-26(27)33/h4-13,18,25H,3,14-15H2,1-2H3,(H,30,33)/t18-,25-,27-/m0/s1. The minimum Gasteiger partial charge on any atom is -0.490 e. The highest BCUT2D eigenvalue weighted by Crippen LogP contribution is 2.53. The lowest BCUT2D eigenvalue weighted by Gasteiger charge is -2.30. The van der Waals surface area contributed by atoms with Gasteiger partial charge in [-0.3, -0.25) is 19.8 Å². The Hall–Kier alpha value is -3.14. The number of nitrogens with one attached hydrogen (secondary N) is 1. The molecule has 0 radical (unpaired) electrons. The molecule has 37 heavy (non-hydrogen) atoms. The van der Waals surface area contributed by atoms with Gasteiger partial charge < -0.3 is 14.8 Å². The quantitative estimate of drug-likeness (QED) is 0.286. The summed E-state index contributed by atoms with van der Waals surface area (Å²) in [4.78, 5) is 27.5. The second kappa shape index (κ2) is 9.96. The Morgan fingerprint density at radius 3 is 2.65 bits per heavy atom. The summed E-state index contributed by atoms with van der Waals surface area (Å²) in [5, 5.41) is 16.1. The zero-order valence-corrected chi connectivity index (χ0v) is 22.6. The lowest BCUT2D eigenvalue weighted by molar-refractivity contribution is -0.534. The van der Waals surface area contributed by atoms with Crippen molar-refractivity contribution in [2.75, 3.05) is 25.5 Å². The molecule has 1 fully saturated rings. The zero-order chi connectivity index (χ0) is 26.3. The smallest absolute Gasteiger partial charge is 0.256 e. The summed E-state index contributed by atoms with van der Waals surface area (Å²) in [6.45, 7) is 2.77. The van der Waals surface area contributed by atoms with E-state index in [9.17, 15) is 14.9 Å². The summed E-state index contributed by atoms with van der Waals surface area (Å²) in [5.41, 5.74) is 1.31. The molecule has 3 aromatic carbocycles. The number of rotatable bonds is 7. The molecule has 0 bridgehead atoms. The van der Waals surface area contributed by atoms with Crippen molar-refractivity contribution in [1.82, 2.24) is 4.90 Å². The molecule has 1 spiro atoms. The summed E-state index contributed by atoms with van der Waals surface area (Å²) in [6.07, 6.45) is 0. The predicted octanol–water partition coefficient (Wildman–Crippen LogP) is 5.60. The van der Waals surface area contributed by atoms with Crippen LogP contribution in [0.4, 0.5) is 5.69 Å². The number of nitro groups is 1. The van der Waals surface area contributed by atoms with Gasteiger partial charge in [-0.2, -0.15) is 0 Å². The van der Waals surface area contributed by atoms with E-state index in [0.717, 1.165) is 5.56 Å². The summed E-state index contributed by atoms with van der Waals surface area (Å²) in [6, 6.07) is 17.0. The SMILES string of the molecule is CCOc1cc([C@@H]2CN(C)[C@]3(C(=O)Nc4ccccc43)[C@H]2[N+](=O)[O-])cc(Br)c1OCc1ccccc1Cl. The summed E-state index contributed by atoms with van der Waals surface area (Å²) in [7, 11) is 1.76. The number of hydrogen-bond acceptors (Lipinski definition) is 6. The molecule has 10 heteroatoms. The van der Waals surface area contributed by atoms with Crippen LogP contribution in [0.3, 0.4) is 0 Å². The highest BCUT2D eigenvalue weighted by atomic mass is 79.9. The number of carbonyl (C=O) groups excluding carboxylic acids is 1. The van der Waals surface area contributed by atoms with Crippen molar-refractivity contribution in [2.24, 2.45) is 0 Å². The number of anilines is 1. The topological polar surface area (TPSA) is 93.9 Å². The molecule has 8 nitrogen and oxygen atoms in total. The average Bonchev–Trinajstić information content (AvgIpc) is 3.34. The maximum atomic E-state index is 13.4. The molecule has 0 aromatic heterocycles. The molecule has 0 unspecified atom stereocenters. The number of para-hydroxylation sites is 1. The van der Waals surface area contributed by atoms with E-state index in [1.165, 1.54) is 0 Å². The van der Waals surface area contributed by atoms with Crippen LogP contribution >= 0.6 is 27.5 Å². The molecule has 3 atom stereocenters. The number of amides is 1. The van der Waals surface area contributed by atoms with E-state index < -0.39 is 17.5 Å². The number of ether oxygens (including phenoxy) is 2. The maximum Gasteiger partial charge on any atom is 0.256 e. The van der Waals surface area contributed by atoms with Gasteiger partial charge in [0.05, 0.1) is 17.0 Å². The van der Waals surface area contributed by atoms with Crippen LogP contribution in [-0.2, 0) is 16.9 Å². The van der Waals surface area contributed by atoms with Crippen LogP contribution in [0.5, 0.6) is 11.5 Å². The first kappa shape index (κ1) is 25.5. The Kier molecular flexibility index (Phi) is 6.87. The second-order valence-corrected chi connectivity index (χ2v) is 10.4. The molecule has 192 valence electrons. The van der Waals surface area contributed by atoms with Crippen molar-refractivity contribution in [3.63, 3.8) is 0 Å². The Balaban J connectivity index is 1.55. The molecule has 0 aliphatic carbocycles. The minimum absolute atomic E-state index is 0.224. The number of likely N-dealkylation sites (N-methyl/N-ethyl adjacent to an activating group) is 1. The van der Waals surface area contributed by atoms with Gasteiger partial charge >= 0.3 is 0 Å². The van der Waals surface area contributed by atoms with Gasteiger partial charge in [-0.1, -0.05) is 48.0 Å². The number of nitrogens with zero attached hydrogens (tertiary/aromatic N) is 2. The first-order chi connectivity index (χ1) is 17.8. The average molecular weight is 587 g/mol. The van der Waals surface area contributed by atoms with E-state index in [4.69, 9.17) is 21.1 Å². The van der Waals surface area contributed by atoms with Crippen molar-refractivity contribution in [3.8, 4) is 11.5 Å². The number of carbonyl (C=O) groups is 1. The van der Waals surface area contributed by atoms with Crippen molar-refractivity contribution < 1.29 is 19.2 Å². The highest BCUT2D eigenvalue weighted by Gasteiger charge is 2.68. The number of fused-ring (bicyclic) bond motifs is 2. The van der Waals surface area contributed by atoms with E-state index in [-0.39, 0.29) is 17.4 Å². The summed E-state index contributed by atoms with van der Waals surface area (Å²) < 4.78 is 12.6. The Labute approximate surface area is 227 Å². The van der Waals surface area contributed by atoms with E-state index >= 15 is 0 Å². The Morgan fingerprint density at radius 1 is 1.19 bits per heavy atom. The van der Waals surface area contributed by atoms with Gasteiger partial charge in [0.2, 0.25) is 0 Å². The van der Waals surface area contributed by atoms with Gasteiger partial charge in [0.1, 0.15) is 6.61 Å². The van der Waals surface area contributed by atoms with Crippen molar-refractivity contribution in [2.45, 2.75) is 31.0 Å². The fraction of sp³-hybridized carbons (Fsp3) is 0.296. The van der Waals surface area contributed by atoms with Crippen molar-refractivity contribution in [1.29, 1.82) is 0 Å². The lowest BCUT2D eigenvalue weighted by Crippen LogP contribution is -2.54. The second-order valence-electron chi connectivity index (χ2n) is 9.13. The van der Waals surface area contributed by atoms with E-state index in [1.54, 1.807) is 48.3 Å². The van der Waals surface area contributed by atoms with Gasteiger partial charge in [-0.25, -0.2) is 0 Å². The molecule has 2 aliphatic heterocycles. The van der Waals surface area contributed by atoms with Crippen LogP contribution in [0.15, 0.2) is 65.1 Å². The predicted molar refractivity (Wildman–Crippen MR) is 144 cm³/mol. The van der Waals surface area contributed by atoms with Crippen LogP contribution in [0.1, 0.15) is 29.5 Å². The first-order valence-electron chi connectivity index (χ1n) is 11.9. The molecular formula is C27H25BrClN3O5. The normalized spacial score (nSPS) is 22.6. The van der Waals surface area contributed by atoms with Crippen LogP contribution in [0, 0.1) is 10.1 Å². The van der Waals surface area contributed by atoms with Crippen molar-refractivity contribution in [3.05, 3.63) is 97.0 Å². The molecule has 1 N–H and O–H groups in total. The molecule has 3 aromatic rings. The van der Waals surface area contributed by atoms with Crippen LogP contribution in [0.2, 0.25) is 5.02 Å². The Morgan fingerprint density at radius 2 is 1.92 bits per heavy atom. The fourth-order valence-electron chi connectivity index (χ4n) is 5.55. The summed E-state index contributed by atoms with van der Waals surface area (Å²) in [5.74, 6) is -0.0247. The minimum atomic E-state index is -1.41. The van der Waals surface area contributed by atoms with Gasteiger partial charge in [0, 0.05) is 33.3 Å². The molecule has 1 amide bonds. The van der Waals surface area contributed by atoms with Crippen LogP contribution in [-0.4, -0.2) is 42.0 Å². The van der Waals surface area contributed by atoms with Gasteiger partial charge in [0.25, 0.3) is 11.9 Å². The van der Waals surface area contributed by atoms with Crippen LogP contribution in [0.25, 0.3) is 0 Å². The van der Waals surface area contributed by atoms with Gasteiger partial charge in [-0.05, 0) is 59.7 Å². The third kappa shape index (κ3) is 4.15. The fourth-order valence-corrected chi connectivity index (χ4v) is 6.31. The molecule has 5 rings (SSSR count). The maximum absolute atomic E-state index is 13.4. The van der Waals surface area contributed by atoms with Crippen LogP contribution < -0.4 is 14.8 Å². The molecule has 0 saturated carbocycles. The zero-order valence-electron chi connectivity index (χ0n) is 20.2. The largest absolute Gasteiger partial charge is 0.490 e. The van der Waals surface area contributed by atoms with Gasteiger partial charge in [-0.15, -0.1) is 0 Å². The molecule has 1 saturated heterocycles. The molecule has 2 heterocycles. The van der Waals surface area contributed by atoms with E-state index in [1.807, 2.05) is 31.2 Å². The third-order valence-corrected chi connectivity index (χ3v) is 8.09. The van der Waals surface area contributed by atoms with E-state index in [2.05, 4.69) is 21.2 Å². The number of benzene rings is 3. The lowest BCUT2D eigenvalue weighted by atomic mass is 9.79. The summed E-state index contributed by atoms with van der Waals surface area (Å²) >= 11 is 9.88. The van der Waals surface area contributed by atoms with Gasteiger partial charge in [0.15, 0.2) is 17.0 Å². The molecular weight excluding hydrogens is 562 g/mol. The Bertz CT molecular complexity index is 1390. The first-order valence-corrected chi connectivity index (χ1v) is 13.0. The number of halogens is 2. The highest BCUT2D eigenvalue weighted by molar-refractivity contribution is 9.10. The number of likely N-dealkylation sites (tertiary alicyclic amines) is 1. The molecule has 2 aliphatic rings. The van der Waals surface area contributed by atoms with E-state index in [0.29, 0.717) is 51.0 Å². The monoisotopic (exact) mass is 585 g/mol. The van der Waals surface area contributed by atoms with Crippen molar-refractivity contribution >= 4 is 39.1 Å².